The zero-order chi connectivity index (χ0) is 17.2. The topological polar surface area (TPSA) is 38.1 Å². The highest BCUT2D eigenvalue weighted by molar-refractivity contribution is 5.38. The van der Waals surface area contributed by atoms with Crippen LogP contribution in [0.15, 0.2) is 0 Å². The van der Waals surface area contributed by atoms with E-state index in [1.807, 2.05) is 0 Å². The lowest BCUT2D eigenvalue weighted by atomic mass is 9.92. The molecule has 3 nitrogen and oxygen atoms in total. The molecule has 0 unspecified atom stereocenters. The van der Waals surface area contributed by atoms with Gasteiger partial charge in [0.2, 0.25) is 0 Å². The third-order valence-corrected chi connectivity index (χ3v) is 4.41. The summed E-state index contributed by atoms with van der Waals surface area (Å²) < 4.78 is 93.7. The summed E-state index contributed by atoms with van der Waals surface area (Å²) in [5.41, 5.74) is -3.00. The lowest BCUT2D eigenvalue weighted by Crippen LogP contribution is -2.31. The number of halogens is 7. The minimum atomic E-state index is -5.02. The van der Waals surface area contributed by atoms with Crippen LogP contribution in [0.4, 0.5) is 30.7 Å². The van der Waals surface area contributed by atoms with Crippen LogP contribution in [0.1, 0.15) is 48.4 Å². The molecule has 2 aliphatic carbocycles. The van der Waals surface area contributed by atoms with Gasteiger partial charge in [0.1, 0.15) is 18.4 Å². The Kier molecular flexibility index (Phi) is 3.66. The number of alkyl halides is 7. The monoisotopic (exact) mass is 346 g/mol. The average molecular weight is 346 g/mol. The average Bonchev–Trinajstić information content (AvgIpc) is 2.89. The van der Waals surface area contributed by atoms with Crippen LogP contribution in [0.3, 0.4) is 0 Å². The van der Waals surface area contributed by atoms with Crippen molar-refractivity contribution in [1.29, 1.82) is 0 Å². The normalized spacial score (nSPS) is 33.7. The first-order valence-corrected chi connectivity index (χ1v) is 7.05. The van der Waals surface area contributed by atoms with E-state index in [2.05, 4.69) is 5.10 Å². The third-order valence-electron chi connectivity index (χ3n) is 4.41. The van der Waals surface area contributed by atoms with E-state index in [0.717, 1.165) is 0 Å². The van der Waals surface area contributed by atoms with E-state index in [-0.39, 0.29) is 12.8 Å². The molecular formula is C13H13F7N2O. The predicted octanol–water partition coefficient (Wildman–Crippen LogP) is 3.53. The largest absolute Gasteiger partial charge is 0.435 e. The molecule has 1 N–H and O–H groups in total. The maximum Gasteiger partial charge on any atom is 0.435 e. The van der Waals surface area contributed by atoms with E-state index in [9.17, 15) is 35.8 Å². The molecule has 3 rings (SSSR count). The second-order valence-electron chi connectivity index (χ2n) is 5.99. The number of nitrogens with zero attached hydrogens (tertiary/aromatic N) is 2. The molecule has 1 heterocycles. The van der Waals surface area contributed by atoms with Gasteiger partial charge in [-0.1, -0.05) is 0 Å². The Bertz CT molecular complexity index is 612. The molecule has 0 amide bonds. The predicted molar refractivity (Wildman–Crippen MR) is 63.5 cm³/mol. The van der Waals surface area contributed by atoms with Crippen LogP contribution in [-0.4, -0.2) is 33.2 Å². The van der Waals surface area contributed by atoms with Gasteiger partial charge in [0.05, 0.1) is 18.2 Å². The van der Waals surface area contributed by atoms with Gasteiger partial charge in [0.25, 0.3) is 5.92 Å². The van der Waals surface area contributed by atoms with Crippen molar-refractivity contribution >= 4 is 0 Å². The van der Waals surface area contributed by atoms with Crippen molar-refractivity contribution in [3.05, 3.63) is 17.0 Å². The second kappa shape index (κ2) is 5.09. The summed E-state index contributed by atoms with van der Waals surface area (Å²) in [6, 6.07) is -0.942. The van der Waals surface area contributed by atoms with Crippen LogP contribution < -0.4 is 0 Å². The fraction of sp³-hybridized carbons (Fsp3) is 0.769. The van der Waals surface area contributed by atoms with Crippen LogP contribution in [-0.2, 0) is 12.6 Å². The van der Waals surface area contributed by atoms with Gasteiger partial charge in [-0.05, 0) is 12.8 Å². The summed E-state index contributed by atoms with van der Waals surface area (Å²) in [6.07, 6.45) is -13.0. The van der Waals surface area contributed by atoms with Crippen LogP contribution in [0, 0.1) is 0 Å². The van der Waals surface area contributed by atoms with Gasteiger partial charge in [-0.25, -0.2) is 17.6 Å². The summed E-state index contributed by atoms with van der Waals surface area (Å²) >= 11 is 0. The Morgan fingerprint density at radius 3 is 2.35 bits per heavy atom. The molecule has 2 aliphatic rings. The first-order chi connectivity index (χ1) is 10.5. The van der Waals surface area contributed by atoms with E-state index in [1.165, 1.54) is 0 Å². The summed E-state index contributed by atoms with van der Waals surface area (Å²) in [5, 5.41) is 12.8. The Morgan fingerprint density at radius 2 is 1.78 bits per heavy atom. The van der Waals surface area contributed by atoms with E-state index >= 15 is 0 Å². The summed E-state index contributed by atoms with van der Waals surface area (Å²) in [4.78, 5) is 0. The highest BCUT2D eigenvalue weighted by atomic mass is 19.4. The van der Waals surface area contributed by atoms with Gasteiger partial charge in [-0.2, -0.15) is 18.3 Å². The van der Waals surface area contributed by atoms with E-state index in [0.29, 0.717) is 4.68 Å². The van der Waals surface area contributed by atoms with E-state index in [1.54, 1.807) is 0 Å². The number of aliphatic hydroxyl groups excluding tert-OH is 1. The molecule has 130 valence electrons. The van der Waals surface area contributed by atoms with Gasteiger partial charge in [0.15, 0.2) is 5.69 Å². The molecule has 0 aromatic carbocycles. The lowest BCUT2D eigenvalue weighted by molar-refractivity contribution is -0.146. The molecule has 0 radical (unpaired) electrons. The number of aromatic nitrogens is 2. The summed E-state index contributed by atoms with van der Waals surface area (Å²) in [6.45, 7) is 0. The van der Waals surface area contributed by atoms with E-state index < -0.39 is 66.4 Å². The standard InChI is InChI=1S/C13H13F7N2O/c14-6-2-1-5(3-7(6)15)22-8-4-12(16,17)11(23)9(8)10(21-22)13(18,19)20/h5-7,11,23H,1-4H2/t5-,6+,7-,11-/m0/s1. The lowest BCUT2D eigenvalue weighted by Gasteiger charge is -2.28. The highest BCUT2D eigenvalue weighted by Crippen LogP contribution is 2.49. The van der Waals surface area contributed by atoms with Gasteiger partial charge < -0.3 is 5.11 Å². The molecule has 0 spiro atoms. The highest BCUT2D eigenvalue weighted by Gasteiger charge is 2.55. The molecule has 0 saturated heterocycles. The van der Waals surface area contributed by atoms with Crippen molar-refractivity contribution in [1.82, 2.24) is 9.78 Å². The molecule has 1 aromatic rings. The third kappa shape index (κ3) is 2.60. The van der Waals surface area contributed by atoms with Crippen molar-refractivity contribution in [3.63, 3.8) is 0 Å². The quantitative estimate of drug-likeness (QED) is 0.790. The van der Waals surface area contributed by atoms with Gasteiger partial charge in [-0.15, -0.1) is 0 Å². The van der Waals surface area contributed by atoms with Crippen molar-refractivity contribution in [2.24, 2.45) is 0 Å². The molecule has 23 heavy (non-hydrogen) atoms. The van der Waals surface area contributed by atoms with Crippen molar-refractivity contribution in [2.45, 2.75) is 62.3 Å². The van der Waals surface area contributed by atoms with Crippen molar-refractivity contribution in [2.75, 3.05) is 0 Å². The maximum absolute atomic E-state index is 13.6. The molecule has 1 saturated carbocycles. The minimum absolute atomic E-state index is 0.00529. The first-order valence-electron chi connectivity index (χ1n) is 7.05. The van der Waals surface area contributed by atoms with Crippen LogP contribution in [0.5, 0.6) is 0 Å². The molecule has 10 heteroatoms. The molecule has 1 fully saturated rings. The first kappa shape index (κ1) is 16.5. The number of hydrogen-bond acceptors (Lipinski definition) is 2. The van der Waals surface area contributed by atoms with Gasteiger partial charge in [-0.3, -0.25) is 4.68 Å². The molecule has 4 atom stereocenters. The van der Waals surface area contributed by atoms with Crippen LogP contribution in [0.25, 0.3) is 0 Å². The number of rotatable bonds is 1. The zero-order valence-corrected chi connectivity index (χ0v) is 11.6. The molecular weight excluding hydrogens is 333 g/mol. The van der Waals surface area contributed by atoms with Gasteiger partial charge >= 0.3 is 6.18 Å². The fourth-order valence-corrected chi connectivity index (χ4v) is 3.27. The Morgan fingerprint density at radius 1 is 1.13 bits per heavy atom. The Hall–Kier alpha value is -1.32. The number of fused-ring (bicyclic) bond motifs is 1. The summed E-state index contributed by atoms with van der Waals surface area (Å²) in [7, 11) is 0. The van der Waals surface area contributed by atoms with Gasteiger partial charge in [0, 0.05) is 12.0 Å². The van der Waals surface area contributed by atoms with Crippen molar-refractivity contribution in [3.8, 4) is 0 Å². The SMILES string of the molecule is O[C@H]1c2c(C(F)(F)F)nn([C@H]3CC[C@@H](F)[C@@H](F)C3)c2CC1(F)F. The maximum atomic E-state index is 13.6. The molecule has 0 bridgehead atoms. The Balaban J connectivity index is 2.05. The Labute approximate surface area is 126 Å². The molecule has 1 aromatic heterocycles. The smallest absolute Gasteiger partial charge is 0.382 e. The number of aliphatic hydroxyl groups is 1. The zero-order valence-electron chi connectivity index (χ0n) is 11.6. The minimum Gasteiger partial charge on any atom is -0.382 e. The van der Waals surface area contributed by atoms with E-state index in [4.69, 9.17) is 0 Å². The second-order valence-corrected chi connectivity index (χ2v) is 5.99. The number of hydrogen-bond donors (Lipinski definition) is 1. The fourth-order valence-electron chi connectivity index (χ4n) is 3.27. The summed E-state index contributed by atoms with van der Waals surface area (Å²) in [5.74, 6) is -3.75. The van der Waals surface area contributed by atoms with Crippen molar-refractivity contribution < 1.29 is 35.8 Å². The van der Waals surface area contributed by atoms with Crippen LogP contribution in [0.2, 0.25) is 0 Å². The van der Waals surface area contributed by atoms with Crippen LogP contribution >= 0.6 is 0 Å². The molecule has 0 aliphatic heterocycles.